The molecule has 2 amide bonds. The zero-order valence-electron chi connectivity index (χ0n) is 23.6. The number of tetrazole rings is 1. The van der Waals surface area contributed by atoms with E-state index in [-0.39, 0.29) is 5.91 Å². The SMILES string of the molecule is C=Cc1nnc(C(Cc2ccccc2)NC(=O)/C=C/c2cc(Cl)ccc2-n2cnnn2)cc1-c1ccc(NC(=O)OC)cc1. The van der Waals surface area contributed by atoms with Crippen LogP contribution < -0.4 is 10.6 Å². The summed E-state index contributed by atoms with van der Waals surface area (Å²) in [6.07, 6.45) is 6.07. The summed E-state index contributed by atoms with van der Waals surface area (Å²) in [5.41, 5.74) is 5.62. The Kier molecular flexibility index (Phi) is 9.48. The number of nitrogens with zero attached hydrogens (tertiary/aromatic N) is 6. The average molecular weight is 607 g/mol. The third-order valence-corrected chi connectivity index (χ3v) is 6.85. The lowest BCUT2D eigenvalue weighted by atomic mass is 9.98. The number of methoxy groups -OCH3 is 1. The largest absolute Gasteiger partial charge is 0.453 e. The van der Waals surface area contributed by atoms with E-state index in [1.807, 2.05) is 48.5 Å². The predicted molar refractivity (Wildman–Crippen MR) is 168 cm³/mol. The van der Waals surface area contributed by atoms with E-state index < -0.39 is 12.1 Å². The molecular weight excluding hydrogens is 580 g/mol. The third kappa shape index (κ3) is 7.39. The maximum absolute atomic E-state index is 13.3. The van der Waals surface area contributed by atoms with Gasteiger partial charge in [0.1, 0.15) is 6.33 Å². The molecule has 220 valence electrons. The molecule has 5 rings (SSSR count). The predicted octanol–water partition coefficient (Wildman–Crippen LogP) is 5.71. The lowest BCUT2D eigenvalue weighted by Crippen LogP contribution is -2.29. The second-order valence-corrected chi connectivity index (χ2v) is 9.94. The highest BCUT2D eigenvalue weighted by Gasteiger charge is 2.19. The van der Waals surface area contributed by atoms with Crippen molar-refractivity contribution in [3.63, 3.8) is 0 Å². The molecule has 12 heteroatoms. The van der Waals surface area contributed by atoms with Crippen LogP contribution in [0.1, 0.15) is 28.6 Å². The zero-order chi connectivity index (χ0) is 30.9. The number of halogens is 1. The first-order chi connectivity index (χ1) is 21.4. The van der Waals surface area contributed by atoms with E-state index in [0.717, 1.165) is 16.7 Å². The van der Waals surface area contributed by atoms with Gasteiger partial charge in [-0.1, -0.05) is 60.6 Å². The minimum atomic E-state index is -0.562. The van der Waals surface area contributed by atoms with Crippen molar-refractivity contribution < 1.29 is 14.3 Å². The Hall–Kier alpha value is -5.68. The molecule has 44 heavy (non-hydrogen) atoms. The number of hydrogen-bond donors (Lipinski definition) is 2. The number of nitrogens with one attached hydrogen (secondary N) is 2. The summed E-state index contributed by atoms with van der Waals surface area (Å²) in [6.45, 7) is 3.88. The van der Waals surface area contributed by atoms with Crippen LogP contribution in [0, 0.1) is 0 Å². The van der Waals surface area contributed by atoms with E-state index in [9.17, 15) is 9.59 Å². The third-order valence-electron chi connectivity index (χ3n) is 6.62. The van der Waals surface area contributed by atoms with E-state index in [0.29, 0.717) is 39.8 Å². The molecule has 0 aliphatic rings. The van der Waals surface area contributed by atoms with Crippen molar-refractivity contribution in [2.45, 2.75) is 12.5 Å². The number of carbonyl (C=O) groups excluding carboxylic acids is 2. The van der Waals surface area contributed by atoms with Gasteiger partial charge in [0, 0.05) is 27.9 Å². The van der Waals surface area contributed by atoms with Gasteiger partial charge in [-0.25, -0.2) is 4.79 Å². The zero-order valence-corrected chi connectivity index (χ0v) is 24.3. The van der Waals surface area contributed by atoms with Crippen LogP contribution in [0.25, 0.3) is 29.0 Å². The van der Waals surface area contributed by atoms with Crippen LogP contribution >= 0.6 is 11.6 Å². The first kappa shape index (κ1) is 29.8. The fourth-order valence-corrected chi connectivity index (χ4v) is 4.65. The van der Waals surface area contributed by atoms with E-state index in [1.165, 1.54) is 24.2 Å². The topological polar surface area (TPSA) is 137 Å². The molecule has 1 unspecified atom stereocenters. The van der Waals surface area contributed by atoms with Gasteiger partial charge in [0.05, 0.1) is 30.2 Å². The molecule has 0 fully saturated rings. The number of amides is 2. The molecule has 11 nitrogen and oxygen atoms in total. The van der Waals surface area contributed by atoms with E-state index in [4.69, 9.17) is 11.6 Å². The highest BCUT2D eigenvalue weighted by molar-refractivity contribution is 6.30. The summed E-state index contributed by atoms with van der Waals surface area (Å²) in [6, 6.07) is 23.6. The van der Waals surface area contributed by atoms with Gasteiger partial charge >= 0.3 is 6.09 Å². The van der Waals surface area contributed by atoms with Gasteiger partial charge in [-0.2, -0.15) is 14.9 Å². The number of hydrogen-bond acceptors (Lipinski definition) is 8. The first-order valence-electron chi connectivity index (χ1n) is 13.4. The number of ether oxygens (including phenoxy) is 1. The molecule has 0 spiro atoms. The number of aromatic nitrogens is 6. The minimum Gasteiger partial charge on any atom is -0.453 e. The molecular formula is C32H27ClN8O3. The van der Waals surface area contributed by atoms with Crippen LogP contribution in [0.15, 0.2) is 97.8 Å². The average Bonchev–Trinajstić information content (AvgIpc) is 3.59. The Bertz CT molecular complexity index is 1790. The lowest BCUT2D eigenvalue weighted by Gasteiger charge is -2.19. The van der Waals surface area contributed by atoms with Gasteiger partial charge in [-0.15, -0.1) is 5.10 Å². The van der Waals surface area contributed by atoms with Gasteiger partial charge in [0.15, 0.2) is 0 Å². The Labute approximate surface area is 258 Å². The Balaban J connectivity index is 1.44. The van der Waals surface area contributed by atoms with Crippen LogP contribution in [-0.2, 0) is 16.0 Å². The quantitative estimate of drug-likeness (QED) is 0.193. The summed E-state index contributed by atoms with van der Waals surface area (Å²) < 4.78 is 6.15. The second kappa shape index (κ2) is 14.0. The summed E-state index contributed by atoms with van der Waals surface area (Å²) in [5, 5.41) is 26.4. The smallest absolute Gasteiger partial charge is 0.411 e. The van der Waals surface area contributed by atoms with Gasteiger partial charge in [0.25, 0.3) is 0 Å². The van der Waals surface area contributed by atoms with Crippen molar-refractivity contribution in [1.29, 1.82) is 0 Å². The number of benzene rings is 3. The molecule has 5 aromatic rings. The van der Waals surface area contributed by atoms with Crippen molar-refractivity contribution in [2.75, 3.05) is 12.4 Å². The second-order valence-electron chi connectivity index (χ2n) is 9.51. The summed E-state index contributed by atoms with van der Waals surface area (Å²) >= 11 is 6.23. The number of rotatable bonds is 10. The van der Waals surface area contributed by atoms with Gasteiger partial charge in [-0.05, 0) is 76.5 Å². The summed E-state index contributed by atoms with van der Waals surface area (Å²) in [5.74, 6) is -0.344. The molecule has 0 aliphatic heterocycles. The number of carbonyl (C=O) groups is 2. The summed E-state index contributed by atoms with van der Waals surface area (Å²) in [4.78, 5) is 24.9. The summed E-state index contributed by atoms with van der Waals surface area (Å²) in [7, 11) is 1.30. The molecule has 0 radical (unpaired) electrons. The lowest BCUT2D eigenvalue weighted by molar-refractivity contribution is -0.117. The van der Waals surface area contributed by atoms with Gasteiger partial charge in [-0.3, -0.25) is 10.1 Å². The van der Waals surface area contributed by atoms with Crippen molar-refractivity contribution in [1.82, 2.24) is 35.7 Å². The molecule has 2 heterocycles. The minimum absolute atomic E-state index is 0.344. The molecule has 2 N–H and O–H groups in total. The van der Waals surface area contributed by atoms with Crippen LogP contribution in [0.2, 0.25) is 5.02 Å². The highest BCUT2D eigenvalue weighted by Crippen LogP contribution is 2.28. The Morgan fingerprint density at radius 1 is 1.05 bits per heavy atom. The van der Waals surface area contributed by atoms with E-state index in [2.05, 4.69) is 47.7 Å². The molecule has 3 aromatic carbocycles. The highest BCUT2D eigenvalue weighted by atomic mass is 35.5. The Morgan fingerprint density at radius 3 is 2.55 bits per heavy atom. The van der Waals surface area contributed by atoms with E-state index >= 15 is 0 Å². The molecule has 1 atom stereocenters. The van der Waals surface area contributed by atoms with Crippen LogP contribution in [0.4, 0.5) is 10.5 Å². The fourth-order valence-electron chi connectivity index (χ4n) is 4.47. The number of anilines is 1. The normalized spacial score (nSPS) is 11.6. The molecule has 0 saturated heterocycles. The van der Waals surface area contributed by atoms with Crippen LogP contribution in [0.5, 0.6) is 0 Å². The monoisotopic (exact) mass is 606 g/mol. The van der Waals surface area contributed by atoms with Crippen LogP contribution in [0.3, 0.4) is 0 Å². The maximum Gasteiger partial charge on any atom is 0.411 e. The van der Waals surface area contributed by atoms with Crippen molar-refractivity contribution in [3.05, 3.63) is 125 Å². The fraction of sp³-hybridized carbons (Fsp3) is 0.0938. The Morgan fingerprint density at radius 2 is 1.84 bits per heavy atom. The van der Waals surface area contributed by atoms with Gasteiger partial charge < -0.3 is 10.1 Å². The molecule has 0 aliphatic carbocycles. The van der Waals surface area contributed by atoms with Crippen molar-refractivity contribution in [2.24, 2.45) is 0 Å². The van der Waals surface area contributed by atoms with Crippen molar-refractivity contribution in [3.8, 4) is 16.8 Å². The van der Waals surface area contributed by atoms with Crippen LogP contribution in [-0.4, -0.2) is 49.5 Å². The molecule has 0 bridgehead atoms. The standard InChI is InChI=1S/C32H27ClN8O3/c1-3-27-26(22-9-13-25(14-10-22)35-32(43)44-2)19-29(38-37-27)28(17-21-7-5-4-6-8-21)36-31(42)16-11-23-18-24(33)12-15-30(23)41-20-34-39-40-41/h3-16,18-20,28H,1,17H2,2H3,(H,35,43)(H,36,42)/b16-11+. The molecule has 2 aromatic heterocycles. The molecule has 0 saturated carbocycles. The van der Waals surface area contributed by atoms with Crippen molar-refractivity contribution >= 4 is 41.4 Å². The first-order valence-corrected chi connectivity index (χ1v) is 13.8. The maximum atomic E-state index is 13.3. The van der Waals surface area contributed by atoms with Gasteiger partial charge in [0.2, 0.25) is 5.91 Å². The van der Waals surface area contributed by atoms with E-state index in [1.54, 1.807) is 42.5 Å².